The number of halogens is 1. The van der Waals surface area contributed by atoms with Crippen molar-refractivity contribution in [3.05, 3.63) is 34.3 Å². The molecule has 1 aromatic rings. The van der Waals surface area contributed by atoms with Gasteiger partial charge in [0.2, 0.25) is 5.91 Å². The number of likely N-dealkylation sites (N-methyl/N-ethyl adjacent to an activating group) is 1. The summed E-state index contributed by atoms with van der Waals surface area (Å²) in [6.45, 7) is 2.69. The minimum atomic E-state index is -0.264. The molecule has 1 unspecified atom stereocenters. The Hall–Kier alpha value is -0.870. The number of nitrogens with two attached hydrogens (primary N) is 1. The summed E-state index contributed by atoms with van der Waals surface area (Å²) in [5.74, 6) is -0.264. The van der Waals surface area contributed by atoms with Gasteiger partial charge in [0.05, 0.1) is 6.04 Å². The molecule has 0 saturated carbocycles. The SMILES string of the molecule is CCC(C(N)=O)N(C)Cc1cccc(Br)c1. The van der Waals surface area contributed by atoms with Crippen molar-refractivity contribution in [3.8, 4) is 0 Å². The molecule has 0 heterocycles. The van der Waals surface area contributed by atoms with E-state index in [4.69, 9.17) is 5.73 Å². The summed E-state index contributed by atoms with van der Waals surface area (Å²) < 4.78 is 1.05. The van der Waals surface area contributed by atoms with Crippen LogP contribution in [0.2, 0.25) is 0 Å². The highest BCUT2D eigenvalue weighted by atomic mass is 79.9. The highest BCUT2D eigenvalue weighted by molar-refractivity contribution is 9.10. The van der Waals surface area contributed by atoms with E-state index < -0.39 is 0 Å². The second-order valence-electron chi connectivity index (χ2n) is 3.87. The van der Waals surface area contributed by atoms with Gasteiger partial charge in [-0.05, 0) is 31.2 Å². The predicted octanol–water partition coefficient (Wildman–Crippen LogP) is 2.14. The first-order chi connectivity index (χ1) is 7.54. The van der Waals surface area contributed by atoms with Crippen molar-refractivity contribution in [3.63, 3.8) is 0 Å². The Balaban J connectivity index is 2.69. The van der Waals surface area contributed by atoms with Crippen molar-refractivity contribution in [2.75, 3.05) is 7.05 Å². The van der Waals surface area contributed by atoms with Crippen LogP contribution >= 0.6 is 15.9 Å². The smallest absolute Gasteiger partial charge is 0.234 e. The molecule has 0 saturated heterocycles. The van der Waals surface area contributed by atoms with Crippen LogP contribution in [0.1, 0.15) is 18.9 Å². The van der Waals surface area contributed by atoms with Gasteiger partial charge in [-0.3, -0.25) is 9.69 Å². The second-order valence-corrected chi connectivity index (χ2v) is 4.79. The molecule has 0 aliphatic heterocycles. The zero-order chi connectivity index (χ0) is 12.1. The molecule has 1 amide bonds. The molecule has 0 bridgehead atoms. The molecule has 0 aromatic heterocycles. The fourth-order valence-electron chi connectivity index (χ4n) is 1.76. The van der Waals surface area contributed by atoms with Crippen LogP contribution in [0.3, 0.4) is 0 Å². The number of nitrogens with zero attached hydrogens (tertiary/aromatic N) is 1. The van der Waals surface area contributed by atoms with E-state index in [0.29, 0.717) is 0 Å². The van der Waals surface area contributed by atoms with Gasteiger partial charge in [0.1, 0.15) is 0 Å². The molecule has 4 heteroatoms. The number of carbonyl (C=O) groups excluding carboxylic acids is 1. The number of amides is 1. The zero-order valence-electron chi connectivity index (χ0n) is 9.61. The number of benzene rings is 1. The van der Waals surface area contributed by atoms with Crippen LogP contribution in [0, 0.1) is 0 Å². The molecule has 1 rings (SSSR count). The van der Waals surface area contributed by atoms with Crippen molar-refractivity contribution >= 4 is 21.8 Å². The quantitative estimate of drug-likeness (QED) is 0.901. The van der Waals surface area contributed by atoms with Gasteiger partial charge < -0.3 is 5.73 Å². The lowest BCUT2D eigenvalue weighted by Gasteiger charge is -2.24. The van der Waals surface area contributed by atoms with Crippen LogP contribution in [0.4, 0.5) is 0 Å². The number of primary amides is 1. The van der Waals surface area contributed by atoms with E-state index >= 15 is 0 Å². The molecule has 3 nitrogen and oxygen atoms in total. The fourth-order valence-corrected chi connectivity index (χ4v) is 2.21. The molecule has 2 N–H and O–H groups in total. The Morgan fingerprint density at radius 2 is 2.25 bits per heavy atom. The highest BCUT2D eigenvalue weighted by Crippen LogP contribution is 2.14. The summed E-state index contributed by atoms with van der Waals surface area (Å²) in [7, 11) is 1.92. The molecule has 1 aromatic carbocycles. The monoisotopic (exact) mass is 284 g/mol. The molecule has 0 spiro atoms. The molecular weight excluding hydrogens is 268 g/mol. The number of hydrogen-bond donors (Lipinski definition) is 1. The van der Waals surface area contributed by atoms with E-state index in [1.165, 1.54) is 0 Å². The first kappa shape index (κ1) is 13.2. The van der Waals surface area contributed by atoms with E-state index in [1.54, 1.807) is 0 Å². The molecule has 0 aliphatic carbocycles. The van der Waals surface area contributed by atoms with Gasteiger partial charge in [0.15, 0.2) is 0 Å². The zero-order valence-corrected chi connectivity index (χ0v) is 11.2. The average molecular weight is 285 g/mol. The molecule has 0 aliphatic rings. The van der Waals surface area contributed by atoms with Crippen LogP contribution in [-0.4, -0.2) is 23.9 Å². The third-order valence-electron chi connectivity index (χ3n) is 2.57. The largest absolute Gasteiger partial charge is 0.368 e. The highest BCUT2D eigenvalue weighted by Gasteiger charge is 2.18. The summed E-state index contributed by atoms with van der Waals surface area (Å²) in [5.41, 5.74) is 6.51. The van der Waals surface area contributed by atoms with Crippen LogP contribution in [0.25, 0.3) is 0 Å². The Kier molecular flexibility index (Phi) is 4.96. The topological polar surface area (TPSA) is 46.3 Å². The lowest BCUT2D eigenvalue weighted by molar-refractivity contribution is -0.123. The first-order valence-electron chi connectivity index (χ1n) is 5.28. The molecule has 0 radical (unpaired) electrons. The van der Waals surface area contributed by atoms with Gasteiger partial charge in [0, 0.05) is 11.0 Å². The summed E-state index contributed by atoms with van der Waals surface area (Å²) in [6.07, 6.45) is 0.736. The summed E-state index contributed by atoms with van der Waals surface area (Å²) in [4.78, 5) is 13.2. The maximum atomic E-state index is 11.2. The van der Waals surface area contributed by atoms with Crippen molar-refractivity contribution in [2.45, 2.75) is 25.9 Å². The number of hydrogen-bond acceptors (Lipinski definition) is 2. The third-order valence-corrected chi connectivity index (χ3v) is 3.06. The van der Waals surface area contributed by atoms with Gasteiger partial charge >= 0.3 is 0 Å². The molecular formula is C12H17BrN2O. The number of rotatable bonds is 5. The van der Waals surface area contributed by atoms with Gasteiger partial charge in [-0.15, -0.1) is 0 Å². The van der Waals surface area contributed by atoms with Gasteiger partial charge in [-0.25, -0.2) is 0 Å². The minimum absolute atomic E-state index is 0.195. The summed E-state index contributed by atoms with van der Waals surface area (Å²) in [5, 5.41) is 0. The van der Waals surface area contributed by atoms with E-state index in [1.807, 2.05) is 43.1 Å². The van der Waals surface area contributed by atoms with Crippen molar-refractivity contribution in [2.24, 2.45) is 5.73 Å². The van der Waals surface area contributed by atoms with Gasteiger partial charge in [-0.2, -0.15) is 0 Å². The molecule has 0 fully saturated rings. The lowest BCUT2D eigenvalue weighted by atomic mass is 10.1. The van der Waals surface area contributed by atoms with Crippen LogP contribution in [-0.2, 0) is 11.3 Å². The Morgan fingerprint density at radius 3 is 2.75 bits per heavy atom. The molecule has 16 heavy (non-hydrogen) atoms. The Labute approximate surface area is 105 Å². The first-order valence-corrected chi connectivity index (χ1v) is 6.08. The summed E-state index contributed by atoms with van der Waals surface area (Å²) in [6, 6.07) is 7.85. The maximum absolute atomic E-state index is 11.2. The minimum Gasteiger partial charge on any atom is -0.368 e. The maximum Gasteiger partial charge on any atom is 0.234 e. The van der Waals surface area contributed by atoms with E-state index in [0.717, 1.165) is 23.0 Å². The van der Waals surface area contributed by atoms with Gasteiger partial charge in [-0.1, -0.05) is 35.0 Å². The average Bonchev–Trinajstić information content (AvgIpc) is 2.17. The molecule has 1 atom stereocenters. The standard InChI is InChI=1S/C12H17BrN2O/c1-3-11(12(14)16)15(2)8-9-5-4-6-10(13)7-9/h4-7,11H,3,8H2,1-2H3,(H2,14,16). The predicted molar refractivity (Wildman–Crippen MR) is 68.9 cm³/mol. The van der Waals surface area contributed by atoms with Crippen molar-refractivity contribution in [1.29, 1.82) is 0 Å². The third kappa shape index (κ3) is 3.61. The van der Waals surface area contributed by atoms with Gasteiger partial charge in [0.25, 0.3) is 0 Å². The van der Waals surface area contributed by atoms with E-state index in [-0.39, 0.29) is 11.9 Å². The van der Waals surface area contributed by atoms with E-state index in [9.17, 15) is 4.79 Å². The van der Waals surface area contributed by atoms with Crippen LogP contribution < -0.4 is 5.73 Å². The van der Waals surface area contributed by atoms with Crippen LogP contribution in [0.15, 0.2) is 28.7 Å². The molecule has 88 valence electrons. The number of carbonyl (C=O) groups is 1. The normalized spacial score (nSPS) is 12.8. The van der Waals surface area contributed by atoms with Crippen molar-refractivity contribution < 1.29 is 4.79 Å². The Bertz CT molecular complexity index is 368. The Morgan fingerprint density at radius 1 is 1.56 bits per heavy atom. The van der Waals surface area contributed by atoms with E-state index in [2.05, 4.69) is 15.9 Å². The summed E-state index contributed by atoms with van der Waals surface area (Å²) >= 11 is 3.42. The van der Waals surface area contributed by atoms with Crippen molar-refractivity contribution in [1.82, 2.24) is 4.90 Å². The second kappa shape index (κ2) is 6.01. The van der Waals surface area contributed by atoms with Crippen LogP contribution in [0.5, 0.6) is 0 Å². The lowest BCUT2D eigenvalue weighted by Crippen LogP contribution is -2.41. The fraction of sp³-hybridized carbons (Fsp3) is 0.417.